The molecule has 0 heterocycles. The van der Waals surface area contributed by atoms with Crippen LogP contribution in [0.5, 0.6) is 0 Å². The van der Waals surface area contributed by atoms with E-state index in [-0.39, 0.29) is 4.90 Å². The van der Waals surface area contributed by atoms with Crippen LogP contribution in [-0.2, 0) is 24.3 Å². The Morgan fingerprint density at radius 3 is 2.27 bits per heavy atom. The first-order chi connectivity index (χ1) is 11.9. The molecule has 0 bridgehead atoms. The summed E-state index contributed by atoms with van der Waals surface area (Å²) in [5, 5.41) is 0. The molecule has 6 nitrogen and oxygen atoms in total. The van der Waals surface area contributed by atoms with E-state index in [1.54, 1.807) is 19.1 Å². The van der Waals surface area contributed by atoms with Gasteiger partial charge < -0.3 is 4.74 Å². The molecule has 0 saturated heterocycles. The molecule has 142 valence electrons. The number of nitrogens with one attached hydrogen (secondary N) is 1. The predicted octanol–water partition coefficient (Wildman–Crippen LogP) is 2.73. The van der Waals surface area contributed by atoms with Gasteiger partial charge in [-0.15, -0.1) is 0 Å². The van der Waals surface area contributed by atoms with Gasteiger partial charge in [-0.2, -0.15) is 0 Å². The normalized spacial score (nSPS) is 23.7. The van der Waals surface area contributed by atoms with Gasteiger partial charge in [0.2, 0.25) is 5.91 Å². The minimum Gasteiger partial charge on any atom is -0.466 e. The number of methoxy groups -OCH3 is 1. The number of allylic oxidation sites excluding steroid dienone is 1. The van der Waals surface area contributed by atoms with Gasteiger partial charge in [-0.1, -0.05) is 37.1 Å². The number of sulfonamides is 1. The lowest BCUT2D eigenvalue weighted by molar-refractivity contribution is -0.135. The van der Waals surface area contributed by atoms with Crippen molar-refractivity contribution < 1.29 is 22.7 Å². The summed E-state index contributed by atoms with van der Waals surface area (Å²) in [5.74, 6) is -1.05. The van der Waals surface area contributed by atoms with Crippen molar-refractivity contribution in [1.82, 2.24) is 4.72 Å². The van der Waals surface area contributed by atoms with E-state index in [9.17, 15) is 18.0 Å². The van der Waals surface area contributed by atoms with E-state index < -0.39 is 32.7 Å². The topological polar surface area (TPSA) is 89.5 Å². The summed E-state index contributed by atoms with van der Waals surface area (Å²) in [7, 11) is -2.66. The van der Waals surface area contributed by atoms with Crippen molar-refractivity contribution in [3.05, 3.63) is 41.5 Å². The first-order valence-corrected chi connectivity index (χ1v) is 9.85. The van der Waals surface area contributed by atoms with Crippen LogP contribution in [0.4, 0.5) is 0 Å². The van der Waals surface area contributed by atoms with E-state index >= 15 is 0 Å². The monoisotopic (exact) mass is 379 g/mol. The summed E-state index contributed by atoms with van der Waals surface area (Å²) in [4.78, 5) is 24.5. The number of aryl methyl sites for hydroxylation is 1. The number of benzene rings is 1. The van der Waals surface area contributed by atoms with Gasteiger partial charge >= 0.3 is 5.97 Å². The second kappa shape index (κ2) is 6.87. The van der Waals surface area contributed by atoms with Crippen LogP contribution in [0.15, 0.2) is 40.8 Å². The van der Waals surface area contributed by atoms with Crippen molar-refractivity contribution in [1.29, 1.82) is 0 Å². The average Bonchev–Trinajstić information content (AvgIpc) is 2.79. The summed E-state index contributed by atoms with van der Waals surface area (Å²) >= 11 is 0. The third-order valence-corrected chi connectivity index (χ3v) is 6.98. The minimum atomic E-state index is -3.96. The van der Waals surface area contributed by atoms with Gasteiger partial charge in [-0.25, -0.2) is 17.9 Å². The fourth-order valence-electron chi connectivity index (χ4n) is 3.23. The van der Waals surface area contributed by atoms with Crippen molar-refractivity contribution >= 4 is 21.9 Å². The highest BCUT2D eigenvalue weighted by atomic mass is 32.2. The predicted molar refractivity (Wildman–Crippen MR) is 97.7 cm³/mol. The highest BCUT2D eigenvalue weighted by Crippen LogP contribution is 2.55. The molecule has 1 aromatic rings. The molecule has 2 rings (SSSR count). The lowest BCUT2D eigenvalue weighted by Crippen LogP contribution is -2.47. The number of rotatable bonds is 4. The molecule has 7 heteroatoms. The molecule has 1 amide bonds. The Kier molecular flexibility index (Phi) is 5.33. The number of esters is 1. The summed E-state index contributed by atoms with van der Waals surface area (Å²) < 4.78 is 32.0. The molecule has 0 radical (unpaired) electrons. The summed E-state index contributed by atoms with van der Waals surface area (Å²) in [6, 6.07) is 6.29. The van der Waals surface area contributed by atoms with Crippen molar-refractivity contribution in [3.63, 3.8) is 0 Å². The van der Waals surface area contributed by atoms with Gasteiger partial charge in [0, 0.05) is 11.5 Å². The van der Waals surface area contributed by atoms with E-state index in [1.165, 1.54) is 25.3 Å². The summed E-state index contributed by atoms with van der Waals surface area (Å²) in [6.45, 7) is 7.26. The van der Waals surface area contributed by atoms with E-state index in [1.807, 2.05) is 20.8 Å². The zero-order chi connectivity index (χ0) is 19.8. The molecule has 1 saturated carbocycles. The van der Waals surface area contributed by atoms with Gasteiger partial charge in [0.15, 0.2) is 0 Å². The van der Waals surface area contributed by atoms with Crippen molar-refractivity contribution in [3.8, 4) is 0 Å². The highest BCUT2D eigenvalue weighted by molar-refractivity contribution is 7.90. The fraction of sp³-hybridized carbons (Fsp3) is 0.474. The molecule has 1 unspecified atom stereocenters. The maximum atomic E-state index is 12.9. The van der Waals surface area contributed by atoms with Gasteiger partial charge in [0.1, 0.15) is 0 Å². The van der Waals surface area contributed by atoms with Crippen LogP contribution in [0, 0.1) is 17.8 Å². The Balaban J connectivity index is 2.30. The van der Waals surface area contributed by atoms with Crippen LogP contribution in [0.3, 0.4) is 0 Å². The lowest BCUT2D eigenvalue weighted by atomic mass is 9.67. The van der Waals surface area contributed by atoms with Crippen LogP contribution < -0.4 is 4.72 Å². The first kappa shape index (κ1) is 20.2. The Morgan fingerprint density at radius 1 is 1.15 bits per heavy atom. The number of amides is 1. The lowest BCUT2D eigenvalue weighted by Gasteiger charge is -2.37. The van der Waals surface area contributed by atoms with E-state index in [2.05, 4.69) is 9.46 Å². The van der Waals surface area contributed by atoms with E-state index in [0.29, 0.717) is 12.8 Å². The smallest absolute Gasteiger partial charge is 0.330 e. The Bertz CT molecular complexity index is 852. The van der Waals surface area contributed by atoms with Crippen molar-refractivity contribution in [2.45, 2.75) is 45.4 Å². The zero-order valence-electron chi connectivity index (χ0n) is 15.8. The molecular formula is C19H25NO5S. The molecule has 0 aliphatic heterocycles. The first-order valence-electron chi connectivity index (χ1n) is 8.37. The van der Waals surface area contributed by atoms with E-state index in [4.69, 9.17) is 0 Å². The second-order valence-corrected chi connectivity index (χ2v) is 9.08. The standard InChI is InChI=1S/C19H25NO5S/c1-13-6-8-15(9-7-13)26(23,24)20-17(22)19(4)11-10-14(18(19,2)3)12-16(21)25-5/h6-9,12H,10-11H2,1-5H3,(H,20,22)/b14-12-. The van der Waals surface area contributed by atoms with Crippen LogP contribution in [0.25, 0.3) is 0 Å². The number of hydrogen-bond acceptors (Lipinski definition) is 5. The molecule has 1 N–H and O–H groups in total. The minimum absolute atomic E-state index is 0.0428. The number of ether oxygens (including phenoxy) is 1. The molecule has 26 heavy (non-hydrogen) atoms. The number of carbonyl (C=O) groups excluding carboxylic acids is 2. The molecule has 1 fully saturated rings. The molecule has 0 spiro atoms. The van der Waals surface area contributed by atoms with Crippen LogP contribution in [-0.4, -0.2) is 27.4 Å². The van der Waals surface area contributed by atoms with Gasteiger partial charge in [-0.05, 0) is 38.8 Å². The molecular weight excluding hydrogens is 354 g/mol. The third kappa shape index (κ3) is 3.53. The van der Waals surface area contributed by atoms with E-state index in [0.717, 1.165) is 11.1 Å². The Labute approximate surface area is 154 Å². The Morgan fingerprint density at radius 2 is 1.73 bits per heavy atom. The largest absolute Gasteiger partial charge is 0.466 e. The van der Waals surface area contributed by atoms with Gasteiger partial charge in [0.05, 0.1) is 17.4 Å². The summed E-state index contributed by atoms with van der Waals surface area (Å²) in [5.41, 5.74) is 0.0464. The quantitative estimate of drug-likeness (QED) is 0.642. The molecule has 0 aromatic heterocycles. The van der Waals surface area contributed by atoms with Crippen LogP contribution >= 0.6 is 0 Å². The molecule has 1 atom stereocenters. The Hall–Kier alpha value is -2.15. The van der Waals surface area contributed by atoms with Crippen molar-refractivity contribution in [2.75, 3.05) is 7.11 Å². The van der Waals surface area contributed by atoms with Gasteiger partial charge in [0.25, 0.3) is 10.0 Å². The van der Waals surface area contributed by atoms with Crippen LogP contribution in [0.2, 0.25) is 0 Å². The fourth-order valence-corrected chi connectivity index (χ4v) is 4.31. The molecule has 1 aromatic carbocycles. The second-order valence-electron chi connectivity index (χ2n) is 7.40. The van der Waals surface area contributed by atoms with Crippen LogP contribution in [0.1, 0.15) is 39.2 Å². The maximum Gasteiger partial charge on any atom is 0.330 e. The summed E-state index contributed by atoms with van der Waals surface area (Å²) in [6.07, 6.45) is 2.36. The SMILES string of the molecule is COC(=O)/C=C1/CCC(C)(C(=O)NS(=O)(=O)c2ccc(C)cc2)C1(C)C. The number of carbonyl (C=O) groups is 2. The molecule has 1 aliphatic rings. The molecule has 1 aliphatic carbocycles. The number of hydrogen-bond donors (Lipinski definition) is 1. The highest BCUT2D eigenvalue weighted by Gasteiger charge is 2.54. The van der Waals surface area contributed by atoms with Crippen molar-refractivity contribution in [2.24, 2.45) is 10.8 Å². The third-order valence-electron chi connectivity index (χ3n) is 5.63. The maximum absolute atomic E-state index is 12.9. The zero-order valence-corrected chi connectivity index (χ0v) is 16.6. The average molecular weight is 379 g/mol. The van der Waals surface area contributed by atoms with Gasteiger partial charge in [-0.3, -0.25) is 4.79 Å².